The van der Waals surface area contributed by atoms with Crippen molar-refractivity contribution in [3.05, 3.63) is 30.0 Å². The van der Waals surface area contributed by atoms with Crippen molar-refractivity contribution in [1.82, 2.24) is 5.32 Å². The minimum Gasteiger partial charge on any atom is -0.493 e. The van der Waals surface area contributed by atoms with Crippen LogP contribution in [0.3, 0.4) is 0 Å². The fourth-order valence-corrected chi connectivity index (χ4v) is 4.21. The van der Waals surface area contributed by atoms with Gasteiger partial charge < -0.3 is 19.6 Å². The Balaban J connectivity index is 1.49. The topological polar surface area (TPSA) is 88.8 Å². The van der Waals surface area contributed by atoms with Crippen molar-refractivity contribution in [2.75, 3.05) is 7.11 Å². The summed E-state index contributed by atoms with van der Waals surface area (Å²) in [6.07, 6.45) is 3.70. The summed E-state index contributed by atoms with van der Waals surface area (Å²) in [6, 6.07) is 5.49. The molecule has 1 aromatic carbocycles. The average molecular weight is 329 g/mol. The Morgan fingerprint density at radius 2 is 2.12 bits per heavy atom. The van der Waals surface area contributed by atoms with E-state index in [1.807, 2.05) is 12.1 Å². The van der Waals surface area contributed by atoms with Crippen molar-refractivity contribution in [3.8, 4) is 5.75 Å². The molecule has 126 valence electrons. The number of hydrogen-bond donors (Lipinski definition) is 2. The summed E-state index contributed by atoms with van der Waals surface area (Å²) in [5.41, 5.74) is 1.04. The predicted octanol–water partition coefficient (Wildman–Crippen LogP) is 2.67. The van der Waals surface area contributed by atoms with Crippen LogP contribution in [-0.4, -0.2) is 30.1 Å². The van der Waals surface area contributed by atoms with Crippen molar-refractivity contribution in [1.29, 1.82) is 0 Å². The molecule has 1 unspecified atom stereocenters. The molecule has 2 saturated carbocycles. The molecule has 0 spiro atoms. The van der Waals surface area contributed by atoms with Gasteiger partial charge in [-0.15, -0.1) is 0 Å². The maximum absolute atomic E-state index is 12.6. The molecule has 2 aliphatic rings. The van der Waals surface area contributed by atoms with Crippen LogP contribution in [0.4, 0.5) is 0 Å². The maximum atomic E-state index is 12.6. The highest BCUT2D eigenvalue weighted by Crippen LogP contribution is 2.49. The monoisotopic (exact) mass is 329 g/mol. The summed E-state index contributed by atoms with van der Waals surface area (Å²) in [6.45, 7) is 0. The SMILES string of the molecule is COc1cccc2c(C(=O)N[C@@H]3C[C@@H]4CC(C(=O)O)C[C@@H]43)coc12. The molecular formula is C18H19NO5. The Bertz CT molecular complexity index is 811. The number of fused-ring (bicyclic) bond motifs is 2. The van der Waals surface area contributed by atoms with Gasteiger partial charge in [-0.1, -0.05) is 12.1 Å². The summed E-state index contributed by atoms with van der Waals surface area (Å²) < 4.78 is 10.7. The van der Waals surface area contributed by atoms with Gasteiger partial charge in [0.05, 0.1) is 18.6 Å². The van der Waals surface area contributed by atoms with Gasteiger partial charge in [-0.05, 0) is 37.2 Å². The predicted molar refractivity (Wildman–Crippen MR) is 86.0 cm³/mol. The third-order valence-corrected chi connectivity index (χ3v) is 5.52. The number of carboxylic acid groups (broad SMARTS) is 1. The number of ether oxygens (including phenoxy) is 1. The zero-order chi connectivity index (χ0) is 16.8. The number of methoxy groups -OCH3 is 1. The molecule has 0 saturated heterocycles. The van der Waals surface area contributed by atoms with Gasteiger partial charge in [0.25, 0.3) is 5.91 Å². The van der Waals surface area contributed by atoms with E-state index in [9.17, 15) is 9.59 Å². The quantitative estimate of drug-likeness (QED) is 0.900. The van der Waals surface area contributed by atoms with E-state index in [1.54, 1.807) is 13.2 Å². The standard InChI is InChI=1S/C18H19NO5/c1-23-15-4-2-3-11-13(8-24-16(11)15)17(20)19-14-7-9-5-10(18(21)22)6-12(9)14/h2-4,8-10,12,14H,5-7H2,1H3,(H,19,20)(H,21,22)/t9-,10?,12-,14+/m0/s1. The second-order valence-electron chi connectivity index (χ2n) is 6.73. The molecule has 2 N–H and O–H groups in total. The molecule has 0 radical (unpaired) electrons. The Morgan fingerprint density at radius 1 is 1.29 bits per heavy atom. The minimum atomic E-state index is -0.720. The highest BCUT2D eigenvalue weighted by atomic mass is 16.5. The van der Waals surface area contributed by atoms with Crippen molar-refractivity contribution in [2.45, 2.75) is 25.3 Å². The number of nitrogens with one attached hydrogen (secondary N) is 1. The van der Waals surface area contributed by atoms with Gasteiger partial charge in [0, 0.05) is 11.4 Å². The molecule has 1 heterocycles. The number of carbonyl (C=O) groups excluding carboxylic acids is 1. The van der Waals surface area contributed by atoms with Gasteiger partial charge in [-0.2, -0.15) is 0 Å². The van der Waals surface area contributed by atoms with Gasteiger partial charge in [0.2, 0.25) is 0 Å². The molecular weight excluding hydrogens is 310 g/mol. The second kappa shape index (κ2) is 5.54. The summed E-state index contributed by atoms with van der Waals surface area (Å²) in [4.78, 5) is 23.7. The fraction of sp³-hybridized carbons (Fsp3) is 0.444. The van der Waals surface area contributed by atoms with Crippen LogP contribution < -0.4 is 10.1 Å². The smallest absolute Gasteiger partial charge is 0.306 e. The van der Waals surface area contributed by atoms with Crippen LogP contribution in [0.5, 0.6) is 5.75 Å². The molecule has 4 rings (SSSR count). The van der Waals surface area contributed by atoms with Gasteiger partial charge in [0.1, 0.15) is 6.26 Å². The Hall–Kier alpha value is -2.50. The summed E-state index contributed by atoms with van der Waals surface area (Å²) in [5, 5.41) is 12.9. The van der Waals surface area contributed by atoms with E-state index in [4.69, 9.17) is 14.3 Å². The van der Waals surface area contributed by atoms with Crippen LogP contribution in [0.1, 0.15) is 29.6 Å². The maximum Gasteiger partial charge on any atom is 0.306 e. The highest BCUT2D eigenvalue weighted by molar-refractivity contribution is 6.07. The van der Waals surface area contributed by atoms with Crippen LogP contribution in [-0.2, 0) is 4.79 Å². The third kappa shape index (κ3) is 2.25. The van der Waals surface area contributed by atoms with E-state index in [0.717, 1.165) is 18.2 Å². The molecule has 2 aliphatic carbocycles. The number of aliphatic carboxylic acids is 1. The first-order chi connectivity index (χ1) is 11.6. The van der Waals surface area contributed by atoms with Crippen molar-refractivity contribution < 1.29 is 23.8 Å². The molecule has 1 aromatic heterocycles. The Morgan fingerprint density at radius 3 is 2.88 bits per heavy atom. The number of benzene rings is 1. The molecule has 24 heavy (non-hydrogen) atoms. The number of amides is 1. The van der Waals surface area contributed by atoms with Gasteiger partial charge >= 0.3 is 5.97 Å². The van der Waals surface area contributed by atoms with E-state index in [0.29, 0.717) is 29.2 Å². The van der Waals surface area contributed by atoms with Crippen molar-refractivity contribution in [2.24, 2.45) is 17.8 Å². The Labute approximate surface area is 138 Å². The summed E-state index contributed by atoms with van der Waals surface area (Å²) >= 11 is 0. The number of para-hydroxylation sites is 1. The lowest BCUT2D eigenvalue weighted by Gasteiger charge is -2.40. The van der Waals surface area contributed by atoms with Gasteiger partial charge in [0.15, 0.2) is 11.3 Å². The first-order valence-electron chi connectivity index (χ1n) is 8.16. The zero-order valence-electron chi connectivity index (χ0n) is 13.3. The van der Waals surface area contributed by atoms with Gasteiger partial charge in [-0.25, -0.2) is 0 Å². The summed E-state index contributed by atoms with van der Waals surface area (Å²) in [7, 11) is 1.56. The lowest BCUT2D eigenvalue weighted by atomic mass is 9.71. The molecule has 4 atom stereocenters. The zero-order valence-corrected chi connectivity index (χ0v) is 13.3. The van der Waals surface area contributed by atoms with E-state index >= 15 is 0 Å². The number of carboxylic acids is 1. The van der Waals surface area contributed by atoms with Gasteiger partial charge in [-0.3, -0.25) is 9.59 Å². The van der Waals surface area contributed by atoms with Crippen molar-refractivity contribution in [3.63, 3.8) is 0 Å². The van der Waals surface area contributed by atoms with Crippen LogP contribution in [0.2, 0.25) is 0 Å². The second-order valence-corrected chi connectivity index (χ2v) is 6.73. The molecule has 2 aromatic rings. The lowest BCUT2D eigenvalue weighted by Crippen LogP contribution is -2.50. The van der Waals surface area contributed by atoms with Crippen LogP contribution in [0.15, 0.2) is 28.9 Å². The van der Waals surface area contributed by atoms with Crippen LogP contribution in [0.25, 0.3) is 11.0 Å². The van der Waals surface area contributed by atoms with E-state index in [2.05, 4.69) is 5.32 Å². The van der Waals surface area contributed by atoms with Crippen molar-refractivity contribution >= 4 is 22.8 Å². The lowest BCUT2D eigenvalue weighted by molar-refractivity contribution is -0.141. The van der Waals surface area contributed by atoms with Crippen LogP contribution in [0, 0.1) is 17.8 Å². The number of rotatable bonds is 4. The number of carbonyl (C=O) groups is 2. The Kier molecular flexibility index (Phi) is 3.48. The molecule has 0 aliphatic heterocycles. The normalized spacial score (nSPS) is 28.2. The largest absolute Gasteiger partial charge is 0.493 e. The first kappa shape index (κ1) is 15.1. The number of hydrogen-bond acceptors (Lipinski definition) is 4. The fourth-order valence-electron chi connectivity index (χ4n) is 4.21. The molecule has 1 amide bonds. The highest BCUT2D eigenvalue weighted by Gasteiger charge is 2.50. The summed E-state index contributed by atoms with van der Waals surface area (Å²) in [5.74, 6) is 0.142. The molecule has 6 nitrogen and oxygen atoms in total. The molecule has 2 fully saturated rings. The van der Waals surface area contributed by atoms with Crippen LogP contribution >= 0.6 is 0 Å². The van der Waals surface area contributed by atoms with E-state index in [1.165, 1.54) is 6.26 Å². The third-order valence-electron chi connectivity index (χ3n) is 5.52. The number of furan rings is 1. The molecule has 6 heteroatoms. The van der Waals surface area contributed by atoms with E-state index in [-0.39, 0.29) is 23.8 Å². The minimum absolute atomic E-state index is 0.0578. The van der Waals surface area contributed by atoms with E-state index < -0.39 is 5.97 Å². The average Bonchev–Trinajstić information content (AvgIpc) is 3.13. The molecule has 0 bridgehead atoms. The first-order valence-corrected chi connectivity index (χ1v) is 8.16.